The molecule has 1 aromatic heterocycles. The summed E-state index contributed by atoms with van der Waals surface area (Å²) in [5.41, 5.74) is 11.5. The molecule has 0 radical (unpaired) electrons. The van der Waals surface area contributed by atoms with Gasteiger partial charge in [0.25, 0.3) is 0 Å². The third kappa shape index (κ3) is 10.6. The van der Waals surface area contributed by atoms with E-state index < -0.39 is 72.6 Å². The van der Waals surface area contributed by atoms with E-state index in [1.165, 1.54) is 12.5 Å². The van der Waals surface area contributed by atoms with Gasteiger partial charge in [-0.1, -0.05) is 13.8 Å². The average Bonchev–Trinajstić information content (AvgIpc) is 3.23. The average molecular weight is 498 g/mol. The van der Waals surface area contributed by atoms with Crippen LogP contribution in [0.15, 0.2) is 12.5 Å². The minimum absolute atomic E-state index is 0.0202. The van der Waals surface area contributed by atoms with Crippen molar-refractivity contribution in [1.82, 2.24) is 25.9 Å². The molecule has 35 heavy (non-hydrogen) atoms. The molecule has 15 nitrogen and oxygen atoms in total. The van der Waals surface area contributed by atoms with Gasteiger partial charge >= 0.3 is 11.9 Å². The second-order valence-corrected chi connectivity index (χ2v) is 8.31. The van der Waals surface area contributed by atoms with Crippen molar-refractivity contribution in [3.8, 4) is 0 Å². The van der Waals surface area contributed by atoms with Gasteiger partial charge in [0.2, 0.25) is 23.6 Å². The van der Waals surface area contributed by atoms with Crippen molar-refractivity contribution in [2.45, 2.75) is 63.7 Å². The molecule has 0 spiro atoms. The standard InChI is InChI=1S/C20H31N7O8/c1-9(2)3-14(20(34)35)27-18(32)12(5-15(22)28)26-19(33)13(6-16(29)30)25-17(31)11(21)4-10-7-23-8-24-10/h7-9,11-14H,3-6,21H2,1-2H3,(H2,22,28)(H,23,24)(H,25,31)(H,26,33)(H,27,32)(H,29,30)(H,34,35). The van der Waals surface area contributed by atoms with Gasteiger partial charge in [-0.05, 0) is 12.3 Å². The van der Waals surface area contributed by atoms with Gasteiger partial charge in [-0.25, -0.2) is 9.78 Å². The van der Waals surface area contributed by atoms with Crippen LogP contribution in [0.25, 0.3) is 0 Å². The lowest BCUT2D eigenvalue weighted by atomic mass is 10.0. The van der Waals surface area contributed by atoms with Crippen LogP contribution < -0.4 is 27.4 Å². The Balaban J connectivity index is 2.96. The Morgan fingerprint density at radius 2 is 1.49 bits per heavy atom. The topological polar surface area (TPSA) is 260 Å². The molecular formula is C20H31N7O8. The number of carboxylic acids is 2. The van der Waals surface area contributed by atoms with Crippen molar-refractivity contribution in [3.63, 3.8) is 0 Å². The van der Waals surface area contributed by atoms with Gasteiger partial charge in [0.05, 0.1) is 25.2 Å². The van der Waals surface area contributed by atoms with Crippen LogP contribution in [-0.2, 0) is 35.2 Å². The number of primary amides is 1. The molecule has 194 valence electrons. The Morgan fingerprint density at radius 1 is 0.943 bits per heavy atom. The van der Waals surface area contributed by atoms with E-state index in [1.807, 2.05) is 0 Å². The van der Waals surface area contributed by atoms with Crippen molar-refractivity contribution in [2.75, 3.05) is 0 Å². The Kier molecular flexibility index (Phi) is 11.3. The monoisotopic (exact) mass is 497 g/mol. The first-order valence-electron chi connectivity index (χ1n) is 10.7. The van der Waals surface area contributed by atoms with Crippen LogP contribution >= 0.6 is 0 Å². The summed E-state index contributed by atoms with van der Waals surface area (Å²) < 4.78 is 0. The summed E-state index contributed by atoms with van der Waals surface area (Å²) in [5.74, 6) is -6.80. The first-order chi connectivity index (χ1) is 16.3. The number of imidazole rings is 1. The summed E-state index contributed by atoms with van der Waals surface area (Å²) in [6.45, 7) is 3.47. The summed E-state index contributed by atoms with van der Waals surface area (Å²) in [7, 11) is 0. The fourth-order valence-electron chi connectivity index (χ4n) is 3.04. The first-order valence-corrected chi connectivity index (χ1v) is 10.7. The van der Waals surface area contributed by atoms with Crippen LogP contribution in [0.2, 0.25) is 0 Å². The van der Waals surface area contributed by atoms with E-state index in [1.54, 1.807) is 13.8 Å². The fourth-order valence-corrected chi connectivity index (χ4v) is 3.04. The number of aromatic nitrogens is 2. The van der Waals surface area contributed by atoms with Crippen LogP contribution in [0.4, 0.5) is 0 Å². The second kappa shape index (κ2) is 13.6. The molecule has 4 atom stereocenters. The number of amides is 4. The van der Waals surface area contributed by atoms with E-state index in [9.17, 15) is 33.9 Å². The molecule has 4 amide bonds. The zero-order chi connectivity index (χ0) is 26.7. The van der Waals surface area contributed by atoms with Gasteiger partial charge in [0.15, 0.2) is 0 Å². The smallest absolute Gasteiger partial charge is 0.326 e. The quantitative estimate of drug-likeness (QED) is 0.123. The molecule has 1 rings (SSSR count). The number of nitrogens with one attached hydrogen (secondary N) is 4. The van der Waals surface area contributed by atoms with Crippen LogP contribution in [0, 0.1) is 5.92 Å². The highest BCUT2D eigenvalue weighted by molar-refractivity contribution is 5.97. The van der Waals surface area contributed by atoms with E-state index in [0.29, 0.717) is 5.69 Å². The third-order valence-corrected chi connectivity index (χ3v) is 4.70. The van der Waals surface area contributed by atoms with Crippen LogP contribution in [0.5, 0.6) is 0 Å². The number of rotatable bonds is 15. The Morgan fingerprint density at radius 3 is 1.94 bits per heavy atom. The third-order valence-electron chi connectivity index (χ3n) is 4.70. The zero-order valence-electron chi connectivity index (χ0n) is 19.3. The van der Waals surface area contributed by atoms with Crippen molar-refractivity contribution in [1.29, 1.82) is 0 Å². The molecule has 0 fully saturated rings. The number of hydrogen-bond donors (Lipinski definition) is 8. The summed E-state index contributed by atoms with van der Waals surface area (Å²) in [6.07, 6.45) is 1.35. The summed E-state index contributed by atoms with van der Waals surface area (Å²) in [4.78, 5) is 78.5. The maximum atomic E-state index is 12.8. The van der Waals surface area contributed by atoms with Gasteiger partial charge in [0.1, 0.15) is 18.1 Å². The SMILES string of the molecule is CC(C)CC(NC(=O)C(CC(N)=O)NC(=O)C(CC(=O)O)NC(=O)C(N)Cc1cnc[nH]1)C(=O)O. The summed E-state index contributed by atoms with van der Waals surface area (Å²) in [6, 6.07) is -5.72. The van der Waals surface area contributed by atoms with Crippen LogP contribution in [0.3, 0.4) is 0 Å². The number of carbonyl (C=O) groups is 6. The molecule has 0 saturated carbocycles. The molecular weight excluding hydrogens is 466 g/mol. The lowest BCUT2D eigenvalue weighted by molar-refractivity contribution is -0.143. The van der Waals surface area contributed by atoms with Gasteiger partial charge in [0, 0.05) is 18.3 Å². The molecule has 0 saturated heterocycles. The first kappa shape index (κ1) is 29.0. The number of nitrogens with zero attached hydrogens (tertiary/aromatic N) is 1. The molecule has 1 heterocycles. The molecule has 0 aromatic carbocycles. The normalized spacial score (nSPS) is 14.3. The van der Waals surface area contributed by atoms with E-state index in [2.05, 4.69) is 25.9 Å². The Hall–Kier alpha value is -4.01. The van der Waals surface area contributed by atoms with Gasteiger partial charge in [-0.3, -0.25) is 24.0 Å². The molecule has 10 N–H and O–H groups in total. The highest BCUT2D eigenvalue weighted by Gasteiger charge is 2.32. The predicted octanol–water partition coefficient (Wildman–Crippen LogP) is -2.79. The molecule has 0 aliphatic carbocycles. The van der Waals surface area contributed by atoms with Gasteiger partial charge in [-0.2, -0.15) is 0 Å². The van der Waals surface area contributed by atoms with Crippen molar-refractivity contribution in [3.05, 3.63) is 18.2 Å². The van der Waals surface area contributed by atoms with Gasteiger partial charge in [-0.15, -0.1) is 0 Å². The fraction of sp³-hybridized carbons (Fsp3) is 0.550. The number of aliphatic carboxylic acids is 2. The number of aromatic amines is 1. The van der Waals surface area contributed by atoms with E-state index in [0.717, 1.165) is 0 Å². The van der Waals surface area contributed by atoms with Gasteiger partial charge < -0.3 is 42.6 Å². The largest absolute Gasteiger partial charge is 0.481 e. The van der Waals surface area contributed by atoms with E-state index in [4.69, 9.17) is 16.6 Å². The summed E-state index contributed by atoms with van der Waals surface area (Å²) >= 11 is 0. The molecule has 1 aromatic rings. The second-order valence-electron chi connectivity index (χ2n) is 8.31. The molecule has 4 unspecified atom stereocenters. The van der Waals surface area contributed by atoms with Crippen LogP contribution in [0.1, 0.15) is 38.8 Å². The number of carboxylic acid groups (broad SMARTS) is 2. The number of hydrogen-bond acceptors (Lipinski definition) is 8. The van der Waals surface area contributed by atoms with E-state index in [-0.39, 0.29) is 18.8 Å². The van der Waals surface area contributed by atoms with Crippen molar-refractivity contribution >= 4 is 35.6 Å². The number of nitrogens with two attached hydrogens (primary N) is 2. The lowest BCUT2D eigenvalue weighted by Crippen LogP contribution is -2.58. The predicted molar refractivity (Wildman–Crippen MR) is 119 cm³/mol. The molecule has 0 bridgehead atoms. The Bertz CT molecular complexity index is 919. The van der Waals surface area contributed by atoms with Crippen molar-refractivity contribution in [2.24, 2.45) is 17.4 Å². The van der Waals surface area contributed by atoms with Crippen LogP contribution in [-0.4, -0.2) is 79.9 Å². The number of carbonyl (C=O) groups excluding carboxylic acids is 4. The highest BCUT2D eigenvalue weighted by Crippen LogP contribution is 2.07. The maximum Gasteiger partial charge on any atom is 0.326 e. The molecule has 15 heteroatoms. The van der Waals surface area contributed by atoms with Crippen molar-refractivity contribution < 1.29 is 39.0 Å². The van der Waals surface area contributed by atoms with E-state index >= 15 is 0 Å². The molecule has 0 aliphatic heterocycles. The Labute approximate surface area is 200 Å². The lowest BCUT2D eigenvalue weighted by Gasteiger charge is -2.24. The minimum Gasteiger partial charge on any atom is -0.481 e. The molecule has 0 aliphatic rings. The summed E-state index contributed by atoms with van der Waals surface area (Å²) in [5, 5.41) is 25.1. The minimum atomic E-state index is -1.65. The number of H-pyrrole nitrogens is 1. The zero-order valence-corrected chi connectivity index (χ0v) is 19.3. The highest BCUT2D eigenvalue weighted by atomic mass is 16.4. The maximum absolute atomic E-state index is 12.8.